The first-order valence-corrected chi connectivity index (χ1v) is 16.7. The number of hydrogen-bond acceptors (Lipinski definition) is 7. The molecule has 0 aromatic heterocycles. The minimum atomic E-state index is -0.517. The van der Waals surface area contributed by atoms with E-state index in [9.17, 15) is 4.79 Å². The predicted molar refractivity (Wildman–Crippen MR) is 166 cm³/mol. The molecule has 5 fully saturated rings. The highest BCUT2D eigenvalue weighted by molar-refractivity contribution is 5.89. The van der Waals surface area contributed by atoms with E-state index in [4.69, 9.17) is 23.7 Å². The Labute approximate surface area is 261 Å². The van der Waals surface area contributed by atoms with E-state index in [1.165, 1.54) is 36.9 Å². The van der Waals surface area contributed by atoms with Crippen molar-refractivity contribution in [2.24, 2.45) is 17.3 Å². The molecule has 5 aliphatic carbocycles. The van der Waals surface area contributed by atoms with E-state index >= 15 is 0 Å². The van der Waals surface area contributed by atoms with Gasteiger partial charge in [-0.2, -0.15) is 0 Å². The highest BCUT2D eigenvalue weighted by Gasteiger charge is 2.80. The fourth-order valence-corrected chi connectivity index (χ4v) is 10.3. The largest absolute Gasteiger partial charge is 0.493 e. The zero-order valence-electron chi connectivity index (χ0n) is 26.9. The van der Waals surface area contributed by atoms with Crippen molar-refractivity contribution < 1.29 is 28.5 Å². The maximum atomic E-state index is 12.5. The van der Waals surface area contributed by atoms with Crippen LogP contribution in [0.15, 0.2) is 36.4 Å². The molecule has 6 atom stereocenters. The summed E-state index contributed by atoms with van der Waals surface area (Å²) in [7, 11) is 3.66. The molecule has 0 unspecified atom stereocenters. The molecule has 236 valence electrons. The Morgan fingerprint density at radius 3 is 2.55 bits per heavy atom. The molecule has 2 heterocycles. The Hall–Kier alpha value is -2.61. The zero-order chi connectivity index (χ0) is 30.5. The summed E-state index contributed by atoms with van der Waals surface area (Å²) in [4.78, 5) is 15.4. The van der Waals surface area contributed by atoms with E-state index in [1.54, 1.807) is 7.11 Å². The van der Waals surface area contributed by atoms with Gasteiger partial charge in [0, 0.05) is 42.0 Å². The predicted octanol–water partition coefficient (Wildman–Crippen LogP) is 6.09. The molecule has 7 nitrogen and oxygen atoms in total. The average Bonchev–Trinajstić information content (AvgIpc) is 3.75. The van der Waals surface area contributed by atoms with E-state index in [0.29, 0.717) is 24.8 Å². The molecule has 2 aliphatic heterocycles. The fourth-order valence-electron chi connectivity index (χ4n) is 10.3. The Kier molecular flexibility index (Phi) is 6.52. The minimum Gasteiger partial charge on any atom is -0.493 e. The van der Waals surface area contributed by atoms with Crippen molar-refractivity contribution in [3.05, 3.63) is 58.7 Å². The number of rotatable bonds is 9. The topological polar surface area (TPSA) is 66.5 Å². The third-order valence-electron chi connectivity index (χ3n) is 12.2. The molecule has 4 bridgehead atoms. The third-order valence-corrected chi connectivity index (χ3v) is 12.2. The smallest absolute Gasteiger partial charge is 0.338 e. The second-order valence-corrected chi connectivity index (χ2v) is 15.4. The molecule has 0 N–H and O–H groups in total. The van der Waals surface area contributed by atoms with Crippen LogP contribution in [0.5, 0.6) is 11.5 Å². The lowest BCUT2D eigenvalue weighted by molar-refractivity contribution is -0.283. The normalized spacial score (nSPS) is 34.8. The van der Waals surface area contributed by atoms with Crippen LogP contribution in [0.2, 0.25) is 0 Å². The van der Waals surface area contributed by atoms with Crippen molar-refractivity contribution in [1.82, 2.24) is 4.90 Å². The molecule has 1 saturated heterocycles. The van der Waals surface area contributed by atoms with Crippen molar-refractivity contribution >= 4 is 5.97 Å². The second-order valence-electron chi connectivity index (χ2n) is 15.4. The zero-order valence-corrected chi connectivity index (χ0v) is 26.9. The number of esters is 1. The summed E-state index contributed by atoms with van der Waals surface area (Å²) in [6, 6.07) is 12.6. The van der Waals surface area contributed by atoms with Crippen molar-refractivity contribution in [2.75, 3.05) is 33.9 Å². The number of nitrogens with zero attached hydrogens (tertiary/aromatic N) is 1. The Bertz CT molecular complexity index is 1460. The van der Waals surface area contributed by atoms with Gasteiger partial charge in [0.1, 0.15) is 17.3 Å². The number of benzene rings is 2. The monoisotopic (exact) mass is 601 g/mol. The Morgan fingerprint density at radius 1 is 1.05 bits per heavy atom. The number of carbonyl (C=O) groups excluding carboxylic acids is 1. The highest BCUT2D eigenvalue weighted by atomic mass is 16.6. The van der Waals surface area contributed by atoms with Crippen LogP contribution in [-0.4, -0.2) is 68.1 Å². The summed E-state index contributed by atoms with van der Waals surface area (Å²) in [5.74, 6) is 2.63. The van der Waals surface area contributed by atoms with Gasteiger partial charge in [-0.1, -0.05) is 18.2 Å². The van der Waals surface area contributed by atoms with Gasteiger partial charge in [-0.3, -0.25) is 4.90 Å². The third kappa shape index (κ3) is 4.01. The molecule has 7 aliphatic rings. The van der Waals surface area contributed by atoms with E-state index in [2.05, 4.69) is 17.0 Å². The van der Waals surface area contributed by atoms with Gasteiger partial charge in [0.25, 0.3) is 0 Å². The Morgan fingerprint density at radius 2 is 1.84 bits per heavy atom. The average molecular weight is 602 g/mol. The van der Waals surface area contributed by atoms with E-state index < -0.39 is 11.2 Å². The fraction of sp³-hybridized carbons (Fsp3) is 0.649. The summed E-state index contributed by atoms with van der Waals surface area (Å²) in [5, 5.41) is 0. The quantitative estimate of drug-likeness (QED) is 0.322. The molecule has 7 heteroatoms. The van der Waals surface area contributed by atoms with Crippen molar-refractivity contribution in [2.45, 2.75) is 101 Å². The van der Waals surface area contributed by atoms with Gasteiger partial charge < -0.3 is 23.7 Å². The summed E-state index contributed by atoms with van der Waals surface area (Å²) < 4.78 is 31.8. The van der Waals surface area contributed by atoms with Gasteiger partial charge in [0.2, 0.25) is 0 Å². The molecule has 4 saturated carbocycles. The van der Waals surface area contributed by atoms with Crippen LogP contribution < -0.4 is 9.47 Å². The van der Waals surface area contributed by atoms with Crippen LogP contribution in [0.25, 0.3) is 0 Å². The number of carbonyl (C=O) groups is 1. The number of methoxy groups -OCH3 is 2. The lowest BCUT2D eigenvalue weighted by atomic mass is 9.35. The van der Waals surface area contributed by atoms with Gasteiger partial charge in [-0.15, -0.1) is 0 Å². The molecule has 2 aromatic rings. The molecule has 0 amide bonds. The van der Waals surface area contributed by atoms with Crippen LogP contribution in [0, 0.1) is 17.3 Å². The van der Waals surface area contributed by atoms with Crippen molar-refractivity contribution in [3.8, 4) is 11.5 Å². The van der Waals surface area contributed by atoms with Crippen molar-refractivity contribution in [1.29, 1.82) is 0 Å². The maximum Gasteiger partial charge on any atom is 0.338 e. The van der Waals surface area contributed by atoms with E-state index in [0.717, 1.165) is 55.2 Å². The summed E-state index contributed by atoms with van der Waals surface area (Å²) in [6.07, 6.45) is 8.20. The van der Waals surface area contributed by atoms with Gasteiger partial charge in [0.15, 0.2) is 11.5 Å². The lowest BCUT2D eigenvalue weighted by Gasteiger charge is -2.74. The molecular weight excluding hydrogens is 554 g/mol. The van der Waals surface area contributed by atoms with E-state index in [-0.39, 0.29) is 28.8 Å². The summed E-state index contributed by atoms with van der Waals surface area (Å²) in [5.41, 5.74) is 3.67. The number of likely N-dealkylation sites (tertiary alicyclic amines) is 1. The lowest BCUT2D eigenvalue weighted by Crippen LogP contribution is -2.81. The molecular formula is C37H47NO6. The standard InChI is InChI=1S/C37H47NO6/c1-34(2,3)44-32(39)25-10-8-24(9-11-25)21-42-22-27-19-35-14-15-37(27,41-5)33-36(35)16-17-38(20-23-6-7-23)29(35)18-26-12-13-28(40-4)31(43-33)30(26)36/h8-13,23,27,29,33H,6-7,14-22H2,1-5H3/t27-,29-,33-,35-,36+,37-/m1/s1. The summed E-state index contributed by atoms with van der Waals surface area (Å²) >= 11 is 0. The highest BCUT2D eigenvalue weighted by Crippen LogP contribution is 2.76. The van der Waals surface area contributed by atoms with Gasteiger partial charge in [0.05, 0.1) is 25.9 Å². The molecule has 0 radical (unpaired) electrons. The number of ether oxygens (including phenoxy) is 5. The first-order chi connectivity index (χ1) is 21.1. The first-order valence-electron chi connectivity index (χ1n) is 16.7. The van der Waals surface area contributed by atoms with Crippen molar-refractivity contribution in [3.63, 3.8) is 0 Å². The summed E-state index contributed by atoms with van der Waals surface area (Å²) in [6.45, 7) is 9.14. The SMILES string of the molecule is COc1ccc2c3c1O[C@H]1[C@@]4(OC)CC[C@@]5(C[C@@H]4COCc4ccc(C(=O)OC(C)(C)C)cc4)[C@@H](C2)N(CC2CC2)CC[C@]315. The van der Waals surface area contributed by atoms with Crippen LogP contribution in [0.1, 0.15) is 86.3 Å². The number of fused-ring (bicyclic) bond motifs is 2. The molecule has 2 spiro atoms. The number of piperidine rings is 1. The van der Waals surface area contributed by atoms with Gasteiger partial charge in [-0.05, 0) is 108 Å². The second kappa shape index (κ2) is 9.94. The van der Waals surface area contributed by atoms with Gasteiger partial charge >= 0.3 is 5.97 Å². The molecule has 2 aromatic carbocycles. The first kappa shape index (κ1) is 28.8. The van der Waals surface area contributed by atoms with Crippen LogP contribution in [0.3, 0.4) is 0 Å². The molecule has 44 heavy (non-hydrogen) atoms. The van der Waals surface area contributed by atoms with E-state index in [1.807, 2.05) is 52.1 Å². The van der Waals surface area contributed by atoms with Crippen LogP contribution in [-0.2, 0) is 32.7 Å². The maximum absolute atomic E-state index is 12.5. The minimum absolute atomic E-state index is 0.0415. The van der Waals surface area contributed by atoms with Crippen LogP contribution >= 0.6 is 0 Å². The van der Waals surface area contributed by atoms with Gasteiger partial charge in [-0.25, -0.2) is 4.79 Å². The molecule has 9 rings (SSSR count). The number of hydrogen-bond donors (Lipinski definition) is 0. The Balaban J connectivity index is 1.08. The van der Waals surface area contributed by atoms with Crippen LogP contribution in [0.4, 0.5) is 0 Å².